The van der Waals surface area contributed by atoms with Gasteiger partial charge in [-0.2, -0.15) is 0 Å². The van der Waals surface area contributed by atoms with Gasteiger partial charge in [-0.1, -0.05) is 0 Å². The van der Waals surface area contributed by atoms with Gasteiger partial charge in [0.25, 0.3) is 0 Å². The molecule has 1 aromatic heterocycles. The van der Waals surface area contributed by atoms with Crippen LogP contribution in [0.1, 0.15) is 5.01 Å². The molecule has 0 amide bonds. The van der Waals surface area contributed by atoms with E-state index in [1.165, 1.54) is 11.3 Å². The molecule has 0 radical (unpaired) electrons. The number of sulfonamides is 1. The summed E-state index contributed by atoms with van der Waals surface area (Å²) in [5.41, 5.74) is 0. The first-order valence-electron chi connectivity index (χ1n) is 2.58. The summed E-state index contributed by atoms with van der Waals surface area (Å²) in [5.74, 6) is -0.191. The first kappa shape index (κ1) is 9.11. The van der Waals surface area contributed by atoms with Crippen LogP contribution in [0.5, 0.6) is 0 Å². The summed E-state index contributed by atoms with van der Waals surface area (Å²) in [5, 5.41) is 5.30. The largest absolute Gasteiger partial charge is 0.247 e. The highest BCUT2D eigenvalue weighted by atomic mass is 79.9. The second-order valence-corrected chi connectivity index (χ2v) is 5.97. The summed E-state index contributed by atoms with van der Waals surface area (Å²) in [6.07, 6.45) is 1.55. The van der Waals surface area contributed by atoms with Gasteiger partial charge in [0.05, 0.1) is 9.98 Å². The molecule has 0 atom stereocenters. The van der Waals surface area contributed by atoms with Crippen LogP contribution in [0.2, 0.25) is 0 Å². The molecular formula is C4H5BrN2O2S2. The summed E-state index contributed by atoms with van der Waals surface area (Å²) >= 11 is 4.42. The number of primary sulfonamides is 1. The zero-order chi connectivity index (χ0) is 8.48. The lowest BCUT2D eigenvalue weighted by Gasteiger charge is -1.89. The van der Waals surface area contributed by atoms with Crippen LogP contribution in [0.15, 0.2) is 9.98 Å². The van der Waals surface area contributed by atoms with Crippen molar-refractivity contribution in [2.75, 3.05) is 0 Å². The molecule has 0 bridgehead atoms. The molecule has 0 saturated heterocycles. The van der Waals surface area contributed by atoms with Gasteiger partial charge in [-0.05, 0) is 15.9 Å². The summed E-state index contributed by atoms with van der Waals surface area (Å²) in [4.78, 5) is 3.81. The molecule has 11 heavy (non-hydrogen) atoms. The van der Waals surface area contributed by atoms with E-state index in [2.05, 4.69) is 20.9 Å². The highest BCUT2D eigenvalue weighted by Crippen LogP contribution is 2.19. The van der Waals surface area contributed by atoms with Gasteiger partial charge < -0.3 is 0 Å². The summed E-state index contributed by atoms with van der Waals surface area (Å²) in [6.45, 7) is 0. The highest BCUT2D eigenvalue weighted by molar-refractivity contribution is 9.11. The fraction of sp³-hybridized carbons (Fsp3) is 0.250. The molecule has 1 rings (SSSR count). The standard InChI is InChI=1S/C4H5BrN2O2S2/c5-3-1-7-4(10-3)2-11(6,8)9/h1H,2H2,(H2,6,8,9). The molecule has 0 aliphatic heterocycles. The first-order chi connectivity index (χ1) is 4.97. The van der Waals surface area contributed by atoms with Gasteiger partial charge in [-0.3, -0.25) is 0 Å². The Kier molecular flexibility index (Phi) is 2.63. The van der Waals surface area contributed by atoms with Crippen LogP contribution in [0, 0.1) is 0 Å². The molecule has 0 unspecified atom stereocenters. The smallest absolute Gasteiger partial charge is 0.215 e. The van der Waals surface area contributed by atoms with Crippen molar-refractivity contribution in [3.63, 3.8) is 0 Å². The number of nitrogens with zero attached hydrogens (tertiary/aromatic N) is 1. The average Bonchev–Trinajstić information content (AvgIpc) is 2.10. The lowest BCUT2D eigenvalue weighted by molar-refractivity contribution is 0.597. The number of hydrogen-bond donors (Lipinski definition) is 1. The Morgan fingerprint density at radius 3 is 2.73 bits per heavy atom. The van der Waals surface area contributed by atoms with E-state index >= 15 is 0 Å². The van der Waals surface area contributed by atoms with E-state index in [1.807, 2.05) is 0 Å². The van der Waals surface area contributed by atoms with E-state index in [0.29, 0.717) is 5.01 Å². The molecule has 0 saturated carbocycles. The van der Waals surface area contributed by atoms with Crippen molar-refractivity contribution in [1.29, 1.82) is 0 Å². The van der Waals surface area contributed by atoms with Crippen LogP contribution in [0.25, 0.3) is 0 Å². The minimum Gasteiger partial charge on any atom is -0.247 e. The topological polar surface area (TPSA) is 73.1 Å². The predicted octanol–water partition coefficient (Wildman–Crippen LogP) is 0.694. The fourth-order valence-electron chi connectivity index (χ4n) is 0.527. The van der Waals surface area contributed by atoms with Crippen LogP contribution in [-0.4, -0.2) is 13.4 Å². The number of hydrogen-bond acceptors (Lipinski definition) is 4. The van der Waals surface area contributed by atoms with E-state index in [1.54, 1.807) is 6.20 Å². The van der Waals surface area contributed by atoms with Crippen molar-refractivity contribution in [1.82, 2.24) is 4.98 Å². The fourth-order valence-corrected chi connectivity index (χ4v) is 2.77. The molecule has 2 N–H and O–H groups in total. The number of aromatic nitrogens is 1. The van der Waals surface area contributed by atoms with Gasteiger partial charge in [0, 0.05) is 0 Å². The average molecular weight is 257 g/mol. The molecule has 0 aliphatic rings. The highest BCUT2D eigenvalue weighted by Gasteiger charge is 2.07. The van der Waals surface area contributed by atoms with Gasteiger partial charge in [0.1, 0.15) is 10.8 Å². The van der Waals surface area contributed by atoms with E-state index in [0.717, 1.165) is 3.79 Å². The molecule has 0 fully saturated rings. The van der Waals surface area contributed by atoms with Crippen LogP contribution in [0.4, 0.5) is 0 Å². The van der Waals surface area contributed by atoms with Crippen LogP contribution in [-0.2, 0) is 15.8 Å². The minimum absolute atomic E-state index is 0.191. The third-order valence-electron chi connectivity index (χ3n) is 0.850. The second-order valence-electron chi connectivity index (χ2n) is 1.87. The lowest BCUT2D eigenvalue weighted by Crippen LogP contribution is -2.14. The summed E-state index contributed by atoms with van der Waals surface area (Å²) in [7, 11) is -3.44. The molecule has 0 aliphatic carbocycles. The molecule has 7 heteroatoms. The molecule has 0 aromatic carbocycles. The van der Waals surface area contributed by atoms with Crippen molar-refractivity contribution in [2.45, 2.75) is 5.75 Å². The summed E-state index contributed by atoms with van der Waals surface area (Å²) in [6, 6.07) is 0. The molecule has 4 nitrogen and oxygen atoms in total. The molecule has 62 valence electrons. The second kappa shape index (κ2) is 3.18. The number of nitrogens with two attached hydrogens (primary N) is 1. The van der Waals surface area contributed by atoms with E-state index < -0.39 is 10.0 Å². The van der Waals surface area contributed by atoms with E-state index in [4.69, 9.17) is 5.14 Å². The maximum atomic E-state index is 10.5. The third-order valence-corrected chi connectivity index (χ3v) is 3.18. The lowest BCUT2D eigenvalue weighted by atomic mass is 10.8. The van der Waals surface area contributed by atoms with Gasteiger partial charge in [-0.15, -0.1) is 11.3 Å². The Hall–Kier alpha value is 0.0200. The molecule has 1 heterocycles. The van der Waals surface area contributed by atoms with Crippen molar-refractivity contribution < 1.29 is 8.42 Å². The number of thiazole rings is 1. The van der Waals surface area contributed by atoms with Crippen molar-refractivity contribution >= 4 is 37.3 Å². The van der Waals surface area contributed by atoms with Crippen LogP contribution >= 0.6 is 27.3 Å². The Balaban J connectivity index is 2.81. The van der Waals surface area contributed by atoms with Crippen LogP contribution < -0.4 is 5.14 Å². The molecule has 1 aromatic rings. The van der Waals surface area contributed by atoms with Gasteiger partial charge in [0.2, 0.25) is 10.0 Å². The Morgan fingerprint density at radius 2 is 2.36 bits per heavy atom. The normalized spacial score (nSPS) is 11.8. The number of rotatable bonds is 2. The first-order valence-corrected chi connectivity index (χ1v) is 5.90. The molecular weight excluding hydrogens is 252 g/mol. The predicted molar refractivity (Wildman–Crippen MR) is 46.6 cm³/mol. The monoisotopic (exact) mass is 256 g/mol. The van der Waals surface area contributed by atoms with E-state index in [-0.39, 0.29) is 5.75 Å². The van der Waals surface area contributed by atoms with Crippen molar-refractivity contribution in [3.05, 3.63) is 15.0 Å². The quantitative estimate of drug-likeness (QED) is 0.847. The number of halogens is 1. The maximum absolute atomic E-state index is 10.5. The summed E-state index contributed by atoms with van der Waals surface area (Å²) < 4.78 is 21.9. The van der Waals surface area contributed by atoms with E-state index in [9.17, 15) is 8.42 Å². The SMILES string of the molecule is NS(=O)(=O)Cc1ncc(Br)s1. The van der Waals surface area contributed by atoms with Gasteiger partial charge >= 0.3 is 0 Å². The zero-order valence-corrected chi connectivity index (χ0v) is 8.54. The van der Waals surface area contributed by atoms with Gasteiger partial charge in [-0.25, -0.2) is 18.5 Å². The van der Waals surface area contributed by atoms with Crippen molar-refractivity contribution in [3.8, 4) is 0 Å². The molecule has 0 spiro atoms. The maximum Gasteiger partial charge on any atom is 0.215 e. The third kappa shape index (κ3) is 3.28. The van der Waals surface area contributed by atoms with Gasteiger partial charge in [0.15, 0.2) is 0 Å². The minimum atomic E-state index is -3.44. The van der Waals surface area contributed by atoms with Crippen molar-refractivity contribution in [2.24, 2.45) is 5.14 Å². The Morgan fingerprint density at radius 1 is 1.73 bits per heavy atom. The Bertz CT molecular complexity index is 345. The van der Waals surface area contributed by atoms with Crippen LogP contribution in [0.3, 0.4) is 0 Å². The zero-order valence-electron chi connectivity index (χ0n) is 5.32. The Labute approximate surface area is 76.6 Å².